The molecule has 3 N–H and O–H groups in total. The van der Waals surface area contributed by atoms with Gasteiger partial charge in [0.1, 0.15) is 11.3 Å². The summed E-state index contributed by atoms with van der Waals surface area (Å²) < 4.78 is 47.7. The predicted octanol–water partition coefficient (Wildman–Crippen LogP) is 3.00. The SMILES string of the molecule is COc1ncc(Cl)cc1S(=O)(=O)Nc1nccc(C#Cc2cnc(N)c3ncccc23)c1F. The third-order valence-corrected chi connectivity index (χ3v) is 5.93. The average Bonchev–Trinajstić information content (AvgIpc) is 2.81. The van der Waals surface area contributed by atoms with E-state index in [4.69, 9.17) is 22.1 Å². The molecule has 0 unspecified atom stereocenters. The Morgan fingerprint density at radius 3 is 2.67 bits per heavy atom. The molecule has 0 radical (unpaired) electrons. The summed E-state index contributed by atoms with van der Waals surface area (Å²) in [7, 11) is -3.08. The lowest BCUT2D eigenvalue weighted by Crippen LogP contribution is -2.17. The van der Waals surface area contributed by atoms with Crippen LogP contribution >= 0.6 is 11.6 Å². The summed E-state index contributed by atoms with van der Waals surface area (Å²) in [6.45, 7) is 0. The summed E-state index contributed by atoms with van der Waals surface area (Å²) in [6, 6.07) is 5.92. The number of rotatable bonds is 4. The first-order valence-corrected chi connectivity index (χ1v) is 11.0. The van der Waals surface area contributed by atoms with Crippen LogP contribution in [0.1, 0.15) is 11.1 Å². The van der Waals surface area contributed by atoms with Gasteiger partial charge >= 0.3 is 0 Å². The number of nitrogens with zero attached hydrogens (tertiary/aromatic N) is 4. The second-order valence-electron chi connectivity index (χ2n) is 6.49. The monoisotopic (exact) mass is 484 g/mol. The molecular formula is C21H14ClFN6O3S. The number of pyridine rings is 4. The number of nitrogens with two attached hydrogens (primary N) is 1. The first kappa shape index (κ1) is 22.2. The highest BCUT2D eigenvalue weighted by atomic mass is 35.5. The highest BCUT2D eigenvalue weighted by Gasteiger charge is 2.24. The van der Waals surface area contributed by atoms with E-state index < -0.39 is 21.7 Å². The number of aromatic nitrogens is 4. The Morgan fingerprint density at radius 2 is 1.88 bits per heavy atom. The topological polar surface area (TPSA) is 133 Å². The lowest BCUT2D eigenvalue weighted by Gasteiger charge is -2.11. The normalized spacial score (nSPS) is 11.0. The molecule has 12 heteroatoms. The maximum Gasteiger partial charge on any atom is 0.268 e. The number of ether oxygens (including phenoxy) is 1. The Morgan fingerprint density at radius 1 is 1.09 bits per heavy atom. The van der Waals surface area contributed by atoms with Crippen LogP contribution in [0, 0.1) is 17.7 Å². The number of nitrogens with one attached hydrogen (secondary N) is 1. The molecule has 4 rings (SSSR count). The molecular weight excluding hydrogens is 471 g/mol. The predicted molar refractivity (Wildman–Crippen MR) is 121 cm³/mol. The maximum atomic E-state index is 15.0. The zero-order chi connectivity index (χ0) is 23.6. The van der Waals surface area contributed by atoms with Crippen molar-refractivity contribution in [3.8, 4) is 17.7 Å². The van der Waals surface area contributed by atoms with Crippen molar-refractivity contribution in [1.82, 2.24) is 19.9 Å². The van der Waals surface area contributed by atoms with Crippen molar-refractivity contribution in [2.24, 2.45) is 0 Å². The minimum absolute atomic E-state index is 0.0584. The summed E-state index contributed by atoms with van der Waals surface area (Å²) in [5, 5.41) is 0.705. The third-order valence-electron chi connectivity index (χ3n) is 4.39. The summed E-state index contributed by atoms with van der Waals surface area (Å²) in [5.74, 6) is 4.01. The highest BCUT2D eigenvalue weighted by molar-refractivity contribution is 7.92. The molecule has 4 aromatic heterocycles. The first-order valence-electron chi connectivity index (χ1n) is 9.18. The number of halogens is 2. The smallest absolute Gasteiger partial charge is 0.268 e. The van der Waals surface area contributed by atoms with E-state index in [-0.39, 0.29) is 27.2 Å². The van der Waals surface area contributed by atoms with Crippen LogP contribution < -0.4 is 15.2 Å². The molecule has 0 spiro atoms. The van der Waals surface area contributed by atoms with E-state index in [1.54, 1.807) is 18.3 Å². The van der Waals surface area contributed by atoms with Gasteiger partial charge in [0.2, 0.25) is 5.88 Å². The van der Waals surface area contributed by atoms with Crippen LogP contribution in [0.2, 0.25) is 5.02 Å². The van der Waals surface area contributed by atoms with Crippen LogP contribution in [-0.4, -0.2) is 35.5 Å². The summed E-state index contributed by atoms with van der Waals surface area (Å²) in [6.07, 6.45) is 5.47. The summed E-state index contributed by atoms with van der Waals surface area (Å²) in [5.41, 5.74) is 6.69. The first-order chi connectivity index (χ1) is 15.8. The fraction of sp³-hybridized carbons (Fsp3) is 0.0476. The Labute approximate surface area is 192 Å². The molecule has 0 aliphatic heterocycles. The van der Waals surface area contributed by atoms with Gasteiger partial charge in [-0.3, -0.25) is 9.71 Å². The van der Waals surface area contributed by atoms with Crippen LogP contribution in [-0.2, 0) is 10.0 Å². The number of sulfonamides is 1. The van der Waals surface area contributed by atoms with E-state index in [1.165, 1.54) is 31.8 Å². The van der Waals surface area contributed by atoms with Gasteiger partial charge in [0.25, 0.3) is 10.0 Å². The van der Waals surface area contributed by atoms with Crippen LogP contribution in [0.25, 0.3) is 10.9 Å². The van der Waals surface area contributed by atoms with Crippen LogP contribution in [0.3, 0.4) is 0 Å². The standard InChI is InChI=1S/C21H14ClFN6O3S/c1-32-21-16(9-14(22)11-28-21)33(30,31)29-20-17(23)12(6-8-26-20)4-5-13-10-27-19(24)18-15(13)3-2-7-25-18/h2-3,6-11H,1H3,(H2,24,27)(H,26,29). The molecule has 0 saturated carbocycles. The zero-order valence-electron chi connectivity index (χ0n) is 16.9. The molecule has 0 aliphatic rings. The molecule has 0 bridgehead atoms. The molecule has 166 valence electrons. The van der Waals surface area contributed by atoms with Crippen molar-refractivity contribution in [3.63, 3.8) is 0 Å². The van der Waals surface area contributed by atoms with E-state index in [1.807, 2.05) is 0 Å². The fourth-order valence-electron chi connectivity index (χ4n) is 2.87. The van der Waals surface area contributed by atoms with Gasteiger partial charge in [-0.2, -0.15) is 0 Å². The van der Waals surface area contributed by atoms with Crippen molar-refractivity contribution in [1.29, 1.82) is 0 Å². The molecule has 0 atom stereocenters. The lowest BCUT2D eigenvalue weighted by molar-refractivity contribution is 0.385. The van der Waals surface area contributed by atoms with Crippen molar-refractivity contribution in [3.05, 3.63) is 71.0 Å². The molecule has 0 aliphatic carbocycles. The van der Waals surface area contributed by atoms with Gasteiger partial charge in [-0.05, 0) is 24.3 Å². The molecule has 33 heavy (non-hydrogen) atoms. The number of methoxy groups -OCH3 is 1. The van der Waals surface area contributed by atoms with E-state index in [9.17, 15) is 8.42 Å². The summed E-state index contributed by atoms with van der Waals surface area (Å²) in [4.78, 5) is 15.4. The lowest BCUT2D eigenvalue weighted by atomic mass is 10.1. The van der Waals surface area contributed by atoms with Gasteiger partial charge in [0, 0.05) is 30.2 Å². The quantitative estimate of drug-likeness (QED) is 0.422. The minimum atomic E-state index is -4.32. The fourth-order valence-corrected chi connectivity index (χ4v) is 4.25. The second-order valence-corrected chi connectivity index (χ2v) is 8.58. The van der Waals surface area contributed by atoms with Crippen LogP contribution in [0.5, 0.6) is 5.88 Å². The number of nitrogen functional groups attached to an aromatic ring is 1. The molecule has 0 amide bonds. The van der Waals surface area contributed by atoms with Gasteiger partial charge in [-0.25, -0.2) is 27.8 Å². The van der Waals surface area contributed by atoms with E-state index in [0.29, 0.717) is 16.5 Å². The highest BCUT2D eigenvalue weighted by Crippen LogP contribution is 2.27. The third kappa shape index (κ3) is 4.48. The largest absolute Gasteiger partial charge is 0.480 e. The van der Waals surface area contributed by atoms with Gasteiger partial charge < -0.3 is 10.5 Å². The molecule has 0 saturated heterocycles. The number of hydrogen-bond donors (Lipinski definition) is 2. The van der Waals surface area contributed by atoms with Crippen molar-refractivity contribution in [2.75, 3.05) is 17.6 Å². The zero-order valence-corrected chi connectivity index (χ0v) is 18.4. The number of fused-ring (bicyclic) bond motifs is 1. The van der Waals surface area contributed by atoms with Crippen molar-refractivity contribution in [2.45, 2.75) is 4.90 Å². The number of anilines is 2. The van der Waals surface area contributed by atoms with Gasteiger partial charge in [-0.1, -0.05) is 23.4 Å². The van der Waals surface area contributed by atoms with Gasteiger partial charge in [0.05, 0.1) is 23.3 Å². The number of hydrogen-bond acceptors (Lipinski definition) is 8. The molecule has 0 fully saturated rings. The average molecular weight is 485 g/mol. The van der Waals surface area contributed by atoms with Gasteiger partial charge in [0.15, 0.2) is 16.5 Å². The molecule has 4 heterocycles. The summed E-state index contributed by atoms with van der Waals surface area (Å²) >= 11 is 5.85. The molecule has 0 aromatic carbocycles. The Bertz CT molecular complexity index is 1550. The van der Waals surface area contributed by atoms with E-state index in [0.717, 1.165) is 6.07 Å². The molecule has 9 nitrogen and oxygen atoms in total. The minimum Gasteiger partial charge on any atom is -0.480 e. The van der Waals surface area contributed by atoms with Crippen LogP contribution in [0.4, 0.5) is 16.0 Å². The maximum absolute atomic E-state index is 15.0. The van der Waals surface area contributed by atoms with E-state index >= 15 is 4.39 Å². The Balaban J connectivity index is 1.71. The molecule has 4 aromatic rings. The van der Waals surface area contributed by atoms with E-state index in [2.05, 4.69) is 36.5 Å². The Hall–Kier alpha value is -4.01. The van der Waals surface area contributed by atoms with Crippen molar-refractivity contribution < 1.29 is 17.5 Å². The second kappa shape index (κ2) is 8.85. The Kier molecular flexibility index (Phi) is 5.95. The van der Waals surface area contributed by atoms with Crippen molar-refractivity contribution >= 4 is 44.2 Å². The van der Waals surface area contributed by atoms with Gasteiger partial charge in [-0.15, -0.1) is 0 Å². The van der Waals surface area contributed by atoms with Crippen LogP contribution in [0.15, 0.2) is 53.9 Å².